The molecular formula is C46H44N8O16. The predicted octanol–water partition coefficient (Wildman–Crippen LogP) is -2.68. The van der Waals surface area contributed by atoms with Crippen molar-refractivity contribution in [1.29, 1.82) is 0 Å². The first-order valence-electron chi connectivity index (χ1n) is 22.4. The molecule has 0 aromatic heterocycles. The third-order valence-corrected chi connectivity index (χ3v) is 14.4. The fraction of sp³-hybridized carbons (Fsp3) is 0.435. The maximum atomic E-state index is 12.9. The predicted molar refractivity (Wildman–Crippen MR) is 228 cm³/mol. The van der Waals surface area contributed by atoms with Crippen LogP contribution >= 0.6 is 0 Å². The molecule has 2 aliphatic carbocycles. The summed E-state index contributed by atoms with van der Waals surface area (Å²) in [4.78, 5) is 211. The number of hydrogen-bond donors (Lipinski definition) is 0. The van der Waals surface area contributed by atoms with Gasteiger partial charge in [0.15, 0.2) is 0 Å². The van der Waals surface area contributed by atoms with Crippen LogP contribution in [-0.4, -0.2) is 182 Å². The molecule has 8 aliphatic heterocycles. The highest BCUT2D eigenvalue weighted by molar-refractivity contribution is 6.18. The van der Waals surface area contributed by atoms with Gasteiger partial charge < -0.3 is 0 Å². The number of rotatable bonds is 8. The van der Waals surface area contributed by atoms with Crippen molar-refractivity contribution in [3.05, 3.63) is 61.8 Å². The molecule has 8 heterocycles. The van der Waals surface area contributed by atoms with Crippen LogP contribution in [0.2, 0.25) is 0 Å². The molecule has 0 aromatic carbocycles. The molecule has 8 unspecified atom stereocenters. The van der Waals surface area contributed by atoms with Crippen LogP contribution in [0.15, 0.2) is 61.8 Å². The molecule has 4 saturated heterocycles. The summed E-state index contributed by atoms with van der Waals surface area (Å²) >= 11 is 0. The van der Waals surface area contributed by atoms with E-state index < -0.39 is 155 Å². The summed E-state index contributed by atoms with van der Waals surface area (Å²) in [5, 5.41) is 0. The number of likely N-dealkylation sites (tertiary alicyclic amines) is 4. The Morgan fingerprint density at radius 1 is 0.257 bits per heavy atom. The van der Waals surface area contributed by atoms with Gasteiger partial charge in [0.1, 0.15) is 0 Å². The van der Waals surface area contributed by atoms with Crippen LogP contribution in [0, 0.1) is 11.8 Å². The molecule has 0 bridgehead atoms. The van der Waals surface area contributed by atoms with E-state index in [2.05, 4.69) is 13.2 Å². The minimum absolute atomic E-state index is 0.0465. The van der Waals surface area contributed by atoms with Gasteiger partial charge in [-0.1, -0.05) is 13.8 Å². The Morgan fingerprint density at radius 2 is 0.386 bits per heavy atom. The lowest BCUT2D eigenvalue weighted by Crippen LogP contribution is -2.63. The van der Waals surface area contributed by atoms with Gasteiger partial charge in [0.25, 0.3) is 47.3 Å². The first-order valence-corrected chi connectivity index (χ1v) is 22.4. The number of hydrogen-bond acceptors (Lipinski definition) is 16. The zero-order valence-corrected chi connectivity index (χ0v) is 37.6. The largest absolute Gasteiger partial charge is 0.277 e. The Balaban J connectivity index is 0.000000182. The topological polar surface area (TPSA) is 299 Å². The van der Waals surface area contributed by atoms with E-state index in [9.17, 15) is 76.7 Å². The highest BCUT2D eigenvalue weighted by atomic mass is 16.2. The molecule has 2 saturated carbocycles. The lowest BCUT2D eigenvalue weighted by molar-refractivity contribution is -0.155. The molecule has 0 N–H and O–H groups in total. The minimum atomic E-state index is -1.41. The molecule has 24 nitrogen and oxygen atoms in total. The zero-order chi connectivity index (χ0) is 50.9. The third-order valence-electron chi connectivity index (χ3n) is 14.4. The van der Waals surface area contributed by atoms with Crippen LogP contribution in [0.5, 0.6) is 0 Å². The second-order valence-electron chi connectivity index (χ2n) is 17.8. The van der Waals surface area contributed by atoms with Gasteiger partial charge in [-0.05, 0) is 0 Å². The van der Waals surface area contributed by atoms with E-state index in [4.69, 9.17) is 0 Å². The van der Waals surface area contributed by atoms with Crippen molar-refractivity contribution in [2.45, 2.75) is 114 Å². The zero-order valence-electron chi connectivity index (χ0n) is 37.6. The third kappa shape index (κ3) is 7.35. The van der Waals surface area contributed by atoms with Gasteiger partial charge in [0.05, 0.1) is 48.3 Å². The Hall–Kier alpha value is -8.18. The van der Waals surface area contributed by atoms with Gasteiger partial charge >= 0.3 is 0 Å². The summed E-state index contributed by atoms with van der Waals surface area (Å²) in [5.41, 5.74) is 0. The molecule has 10 aliphatic rings. The highest BCUT2D eigenvalue weighted by Crippen LogP contribution is 2.46. The highest BCUT2D eigenvalue weighted by Gasteiger charge is 2.66. The SMILES string of the molecule is C=C.CC1C(N2C(=O)C=CC2=O)C(N2C(=O)C=CC2=O)C(N2C(=O)C=CC2=O)C1N1C(=O)C=CC1=O.CC1C(N2C(=O)CCC2=O)C(N2C(=O)CCC2=O)C(N2C(=O)CCC2=O)C1N1C(=O)CCC1=O. The van der Waals surface area contributed by atoms with Crippen molar-refractivity contribution in [2.75, 3.05) is 0 Å². The molecule has 0 aromatic rings. The summed E-state index contributed by atoms with van der Waals surface area (Å²) in [7, 11) is 0. The molecule has 6 fully saturated rings. The fourth-order valence-corrected chi connectivity index (χ4v) is 11.8. The number of carbonyl (C=O) groups is 16. The van der Waals surface area contributed by atoms with E-state index in [1.165, 1.54) is 6.92 Å². The molecule has 10 rings (SSSR count). The summed E-state index contributed by atoms with van der Waals surface area (Å²) in [6.45, 7) is 9.15. The lowest BCUT2D eigenvalue weighted by Gasteiger charge is -2.39. The standard InChI is InChI=1S/C22H24N4O8.C22H16N4O8.C2H4/c2*1-10-19(23-11(27)2-3-12(23)28)21(25-15(31)6-7-16(25)32)22(26-17(33)8-9-18(26)34)20(10)24-13(29)4-5-14(24)30;1-2/h10,19-22H,2-9H2,1H3;2-10,19-22H,1H3;1-2H2. The first-order chi connectivity index (χ1) is 33.3. The lowest BCUT2D eigenvalue weighted by atomic mass is 9.98. The summed E-state index contributed by atoms with van der Waals surface area (Å²) in [6.07, 6.45) is 7.48. The van der Waals surface area contributed by atoms with Crippen LogP contribution in [0.4, 0.5) is 0 Å². The van der Waals surface area contributed by atoms with E-state index in [0.29, 0.717) is 0 Å². The maximum Gasteiger partial charge on any atom is 0.254 e. The average molecular weight is 965 g/mol. The van der Waals surface area contributed by atoms with Gasteiger partial charge in [-0.15, -0.1) is 13.2 Å². The Bertz CT molecular complexity index is 2340. The minimum Gasteiger partial charge on any atom is -0.277 e. The summed E-state index contributed by atoms with van der Waals surface area (Å²) in [6, 6.07) is -9.91. The average Bonchev–Trinajstić information content (AvgIpc) is 4.25. The van der Waals surface area contributed by atoms with Crippen LogP contribution in [0.25, 0.3) is 0 Å². The number of carbonyl (C=O) groups excluding carboxylic acids is 16. The first kappa shape index (κ1) is 48.3. The van der Waals surface area contributed by atoms with Crippen molar-refractivity contribution in [3.8, 4) is 0 Å². The summed E-state index contributed by atoms with van der Waals surface area (Å²) in [5.74, 6) is -11.9. The smallest absolute Gasteiger partial charge is 0.254 e. The van der Waals surface area contributed by atoms with Crippen LogP contribution in [0.3, 0.4) is 0 Å². The van der Waals surface area contributed by atoms with Crippen LogP contribution < -0.4 is 0 Å². The van der Waals surface area contributed by atoms with E-state index >= 15 is 0 Å². The van der Waals surface area contributed by atoms with E-state index in [1.807, 2.05) is 0 Å². The Kier molecular flexibility index (Phi) is 12.4. The van der Waals surface area contributed by atoms with Crippen molar-refractivity contribution >= 4 is 94.5 Å². The number of nitrogens with zero attached hydrogens (tertiary/aromatic N) is 8. The van der Waals surface area contributed by atoms with Crippen molar-refractivity contribution in [2.24, 2.45) is 11.8 Å². The second kappa shape index (κ2) is 18.0. The van der Waals surface area contributed by atoms with E-state index in [1.54, 1.807) is 6.92 Å². The monoisotopic (exact) mass is 964 g/mol. The maximum absolute atomic E-state index is 12.9. The molecule has 24 heteroatoms. The van der Waals surface area contributed by atoms with Gasteiger partial charge in [-0.2, -0.15) is 0 Å². The Morgan fingerprint density at radius 3 is 0.571 bits per heavy atom. The van der Waals surface area contributed by atoms with Gasteiger partial charge in [0.2, 0.25) is 47.3 Å². The van der Waals surface area contributed by atoms with Gasteiger partial charge in [0, 0.05) is 112 Å². The molecule has 16 amide bonds. The molecule has 364 valence electrons. The molecule has 0 spiro atoms. The van der Waals surface area contributed by atoms with Crippen molar-refractivity contribution < 1.29 is 76.7 Å². The van der Waals surface area contributed by atoms with E-state index in [-0.39, 0.29) is 51.4 Å². The molecular weight excluding hydrogens is 921 g/mol. The van der Waals surface area contributed by atoms with Gasteiger partial charge in [-0.3, -0.25) is 116 Å². The number of imide groups is 8. The fourth-order valence-electron chi connectivity index (χ4n) is 11.8. The van der Waals surface area contributed by atoms with Crippen LogP contribution in [-0.2, 0) is 76.7 Å². The molecule has 0 radical (unpaired) electrons. The molecule has 70 heavy (non-hydrogen) atoms. The Labute approximate surface area is 396 Å². The number of amides is 16. The van der Waals surface area contributed by atoms with Gasteiger partial charge in [-0.25, -0.2) is 0 Å². The summed E-state index contributed by atoms with van der Waals surface area (Å²) < 4.78 is 0. The normalized spacial score (nSPS) is 32.9. The van der Waals surface area contributed by atoms with Crippen LogP contribution in [0.1, 0.15) is 65.2 Å². The molecule has 8 atom stereocenters. The van der Waals surface area contributed by atoms with Crippen molar-refractivity contribution in [3.63, 3.8) is 0 Å². The van der Waals surface area contributed by atoms with Crippen molar-refractivity contribution in [1.82, 2.24) is 39.2 Å². The van der Waals surface area contributed by atoms with E-state index in [0.717, 1.165) is 87.8 Å². The second-order valence-corrected chi connectivity index (χ2v) is 17.8. The quantitative estimate of drug-likeness (QED) is 0.177.